The minimum absolute atomic E-state index is 0.157. The highest BCUT2D eigenvalue weighted by Gasteiger charge is 2.23. The molecule has 2 aromatic heterocycles. The highest BCUT2D eigenvalue weighted by atomic mass is 16.5. The first kappa shape index (κ1) is 18.2. The Morgan fingerprint density at radius 2 is 2.00 bits per heavy atom. The predicted molar refractivity (Wildman–Crippen MR) is 105 cm³/mol. The number of esters is 1. The number of benzene rings is 1. The van der Waals surface area contributed by atoms with Crippen molar-refractivity contribution < 1.29 is 14.3 Å². The SMILES string of the molecule is Cc1nn(C)c2nc(-c3ccccc3)cc(C(=O)NCC(=O)OCC3CC3)c12. The van der Waals surface area contributed by atoms with Crippen molar-refractivity contribution in [2.45, 2.75) is 19.8 Å². The van der Waals surface area contributed by atoms with Crippen LogP contribution in [0.15, 0.2) is 36.4 Å². The summed E-state index contributed by atoms with van der Waals surface area (Å²) in [6.45, 7) is 2.12. The van der Waals surface area contributed by atoms with Gasteiger partial charge in [0.1, 0.15) is 6.54 Å². The summed E-state index contributed by atoms with van der Waals surface area (Å²) in [7, 11) is 1.80. The molecule has 3 aromatic rings. The normalized spacial score (nSPS) is 13.5. The van der Waals surface area contributed by atoms with Crippen LogP contribution in [-0.2, 0) is 16.6 Å². The molecule has 2 heterocycles. The predicted octanol–water partition coefficient (Wildman–Crippen LogP) is 2.63. The van der Waals surface area contributed by atoms with Crippen LogP contribution in [0, 0.1) is 12.8 Å². The van der Waals surface area contributed by atoms with E-state index >= 15 is 0 Å². The van der Waals surface area contributed by atoms with E-state index in [1.54, 1.807) is 17.8 Å². The minimum Gasteiger partial charge on any atom is -0.464 e. The van der Waals surface area contributed by atoms with Crippen molar-refractivity contribution in [3.05, 3.63) is 47.7 Å². The fraction of sp³-hybridized carbons (Fsp3) is 0.333. The van der Waals surface area contributed by atoms with E-state index < -0.39 is 5.97 Å². The van der Waals surface area contributed by atoms with E-state index in [4.69, 9.17) is 4.74 Å². The molecule has 1 aliphatic carbocycles. The van der Waals surface area contributed by atoms with Crippen molar-refractivity contribution in [2.75, 3.05) is 13.2 Å². The molecule has 0 spiro atoms. The number of aryl methyl sites for hydroxylation is 2. The number of carbonyl (C=O) groups is 2. The van der Waals surface area contributed by atoms with Crippen molar-refractivity contribution in [1.82, 2.24) is 20.1 Å². The maximum atomic E-state index is 12.9. The van der Waals surface area contributed by atoms with Crippen LogP contribution in [0.4, 0.5) is 0 Å². The van der Waals surface area contributed by atoms with Crippen LogP contribution in [0.5, 0.6) is 0 Å². The number of nitrogens with zero attached hydrogens (tertiary/aromatic N) is 3. The van der Waals surface area contributed by atoms with Crippen molar-refractivity contribution in [2.24, 2.45) is 13.0 Å². The molecule has 1 aliphatic rings. The molecule has 0 saturated heterocycles. The number of carbonyl (C=O) groups excluding carboxylic acids is 2. The summed E-state index contributed by atoms with van der Waals surface area (Å²) in [6.07, 6.45) is 2.22. The summed E-state index contributed by atoms with van der Waals surface area (Å²) in [5.41, 5.74) is 3.37. The molecule has 28 heavy (non-hydrogen) atoms. The van der Waals surface area contributed by atoms with Gasteiger partial charge in [-0.05, 0) is 31.7 Å². The van der Waals surface area contributed by atoms with Crippen LogP contribution >= 0.6 is 0 Å². The molecular formula is C21H22N4O3. The highest BCUT2D eigenvalue weighted by molar-refractivity contribution is 6.08. The Kier molecular flexibility index (Phi) is 4.81. The minimum atomic E-state index is -0.420. The lowest BCUT2D eigenvalue weighted by atomic mass is 10.0. The summed E-state index contributed by atoms with van der Waals surface area (Å²) in [6, 6.07) is 11.4. The number of aromatic nitrogens is 3. The molecule has 0 bridgehead atoms. The topological polar surface area (TPSA) is 86.1 Å². The average molecular weight is 378 g/mol. The van der Waals surface area contributed by atoms with Gasteiger partial charge in [0.2, 0.25) is 0 Å². The molecule has 0 atom stereocenters. The Morgan fingerprint density at radius 3 is 2.71 bits per heavy atom. The van der Waals surface area contributed by atoms with Gasteiger partial charge in [-0.1, -0.05) is 30.3 Å². The molecule has 1 amide bonds. The molecule has 0 unspecified atom stereocenters. The number of amides is 1. The first-order chi connectivity index (χ1) is 13.5. The van der Waals surface area contributed by atoms with Gasteiger partial charge in [-0.2, -0.15) is 5.10 Å². The van der Waals surface area contributed by atoms with Crippen molar-refractivity contribution in [3.8, 4) is 11.3 Å². The third kappa shape index (κ3) is 3.74. The van der Waals surface area contributed by atoms with Gasteiger partial charge >= 0.3 is 5.97 Å². The zero-order chi connectivity index (χ0) is 19.7. The van der Waals surface area contributed by atoms with E-state index in [1.807, 2.05) is 37.3 Å². The highest BCUT2D eigenvalue weighted by Crippen LogP contribution is 2.29. The van der Waals surface area contributed by atoms with Gasteiger partial charge in [-0.25, -0.2) is 4.98 Å². The molecule has 7 nitrogen and oxygen atoms in total. The van der Waals surface area contributed by atoms with Crippen LogP contribution in [0.3, 0.4) is 0 Å². The number of nitrogens with one attached hydrogen (secondary N) is 1. The van der Waals surface area contributed by atoms with Gasteiger partial charge in [0, 0.05) is 12.6 Å². The Hall–Kier alpha value is -3.22. The summed E-state index contributed by atoms with van der Waals surface area (Å²) in [5, 5.41) is 7.76. The van der Waals surface area contributed by atoms with Gasteiger partial charge in [0.15, 0.2) is 5.65 Å². The van der Waals surface area contributed by atoms with Crippen LogP contribution < -0.4 is 5.32 Å². The van der Waals surface area contributed by atoms with Gasteiger partial charge in [0.25, 0.3) is 5.91 Å². The zero-order valence-electron chi connectivity index (χ0n) is 15.9. The van der Waals surface area contributed by atoms with E-state index in [9.17, 15) is 9.59 Å². The van der Waals surface area contributed by atoms with Gasteiger partial charge in [-0.15, -0.1) is 0 Å². The second-order valence-electron chi connectivity index (χ2n) is 7.14. The second-order valence-corrected chi connectivity index (χ2v) is 7.14. The van der Waals surface area contributed by atoms with E-state index in [2.05, 4.69) is 15.4 Å². The molecule has 0 radical (unpaired) electrons. The number of hydrogen-bond donors (Lipinski definition) is 1. The number of fused-ring (bicyclic) bond motifs is 1. The largest absolute Gasteiger partial charge is 0.464 e. The van der Waals surface area contributed by atoms with E-state index in [0.717, 1.165) is 18.4 Å². The molecule has 1 aromatic carbocycles. The van der Waals surface area contributed by atoms with Crippen LogP contribution in [0.2, 0.25) is 0 Å². The molecule has 144 valence electrons. The summed E-state index contributed by atoms with van der Waals surface area (Å²) in [4.78, 5) is 29.4. The lowest BCUT2D eigenvalue weighted by Gasteiger charge is -2.09. The Morgan fingerprint density at radius 1 is 1.25 bits per heavy atom. The van der Waals surface area contributed by atoms with Crippen LogP contribution in [0.1, 0.15) is 28.9 Å². The van der Waals surface area contributed by atoms with Crippen LogP contribution in [-0.4, -0.2) is 39.8 Å². The zero-order valence-corrected chi connectivity index (χ0v) is 15.9. The molecule has 1 N–H and O–H groups in total. The standard InChI is InChI=1S/C21H22N4O3/c1-13-19-16(21(27)22-11-18(26)28-12-14-8-9-14)10-17(15-6-4-3-5-7-15)23-20(19)25(2)24-13/h3-7,10,14H,8-9,11-12H2,1-2H3,(H,22,27). The number of hydrogen-bond acceptors (Lipinski definition) is 5. The fourth-order valence-corrected chi connectivity index (χ4v) is 3.17. The Labute approximate surface area is 162 Å². The smallest absolute Gasteiger partial charge is 0.325 e. The number of pyridine rings is 1. The molecule has 1 saturated carbocycles. The lowest BCUT2D eigenvalue weighted by Crippen LogP contribution is -2.31. The van der Waals surface area contributed by atoms with Gasteiger partial charge in [-0.3, -0.25) is 14.3 Å². The third-order valence-corrected chi connectivity index (χ3v) is 4.85. The first-order valence-electron chi connectivity index (χ1n) is 9.36. The Bertz CT molecular complexity index is 1040. The van der Waals surface area contributed by atoms with Crippen molar-refractivity contribution >= 4 is 22.9 Å². The summed E-state index contributed by atoms with van der Waals surface area (Å²) >= 11 is 0. The third-order valence-electron chi connectivity index (χ3n) is 4.85. The van der Waals surface area contributed by atoms with Crippen molar-refractivity contribution in [3.63, 3.8) is 0 Å². The monoisotopic (exact) mass is 378 g/mol. The number of rotatable bonds is 6. The molecular weight excluding hydrogens is 356 g/mol. The first-order valence-corrected chi connectivity index (χ1v) is 9.36. The molecule has 7 heteroatoms. The van der Waals surface area contributed by atoms with Crippen molar-refractivity contribution in [1.29, 1.82) is 0 Å². The average Bonchev–Trinajstić information content (AvgIpc) is 3.49. The fourth-order valence-electron chi connectivity index (χ4n) is 3.17. The quantitative estimate of drug-likeness (QED) is 0.667. The summed E-state index contributed by atoms with van der Waals surface area (Å²) < 4.78 is 6.84. The van der Waals surface area contributed by atoms with Gasteiger partial charge < -0.3 is 10.1 Å². The number of ether oxygens (including phenoxy) is 1. The molecule has 4 rings (SSSR count). The second kappa shape index (κ2) is 7.42. The maximum Gasteiger partial charge on any atom is 0.325 e. The Balaban J connectivity index is 1.62. The molecule has 1 fully saturated rings. The summed E-state index contributed by atoms with van der Waals surface area (Å²) in [5.74, 6) is -0.272. The van der Waals surface area contributed by atoms with Crippen LogP contribution in [0.25, 0.3) is 22.3 Å². The van der Waals surface area contributed by atoms with E-state index in [-0.39, 0.29) is 12.5 Å². The lowest BCUT2D eigenvalue weighted by molar-refractivity contribution is -0.142. The maximum absolute atomic E-state index is 12.9. The van der Waals surface area contributed by atoms with E-state index in [1.165, 1.54) is 0 Å². The molecule has 0 aliphatic heterocycles. The van der Waals surface area contributed by atoms with E-state index in [0.29, 0.717) is 40.5 Å². The van der Waals surface area contributed by atoms with Gasteiger partial charge in [0.05, 0.1) is 28.9 Å².